The Kier molecular flexibility index (Phi) is 7.90. The quantitative estimate of drug-likeness (QED) is 0.461. The van der Waals surface area contributed by atoms with Crippen LogP contribution in [0.5, 0.6) is 17.2 Å². The molecule has 34 heavy (non-hydrogen) atoms. The Bertz CT molecular complexity index is 1280. The Balaban J connectivity index is 1.99. The van der Waals surface area contributed by atoms with E-state index in [4.69, 9.17) is 25.8 Å². The zero-order valence-electron chi connectivity index (χ0n) is 19.2. The van der Waals surface area contributed by atoms with Crippen molar-refractivity contribution in [1.82, 2.24) is 0 Å². The molecule has 0 fully saturated rings. The number of halogens is 1. The minimum absolute atomic E-state index is 0.0551. The zero-order chi connectivity index (χ0) is 24.9. The van der Waals surface area contributed by atoms with Crippen molar-refractivity contribution in [2.45, 2.75) is 11.8 Å². The number of rotatable bonds is 9. The number of hydrogen-bond donors (Lipinski definition) is 1. The highest BCUT2D eigenvalue weighted by atomic mass is 35.5. The van der Waals surface area contributed by atoms with Crippen LogP contribution in [0.2, 0.25) is 5.02 Å². The van der Waals surface area contributed by atoms with Gasteiger partial charge < -0.3 is 19.5 Å². The average molecular weight is 505 g/mol. The molecule has 8 nitrogen and oxygen atoms in total. The molecule has 0 radical (unpaired) electrons. The van der Waals surface area contributed by atoms with E-state index in [-0.39, 0.29) is 16.3 Å². The molecule has 0 aromatic heterocycles. The number of hydrogen-bond acceptors (Lipinski definition) is 6. The standard InChI is InChI=1S/C24H25ClN2O6S/c1-16-8-10-19(11-9-16)34(29,30)27(17-6-5-7-18(12-17)31-2)15-24(28)26-21-14-22(32-3)20(25)13-23(21)33-4/h5-14H,15H2,1-4H3,(H,26,28). The second kappa shape index (κ2) is 10.7. The number of sulfonamides is 1. The van der Waals surface area contributed by atoms with Gasteiger partial charge in [-0.15, -0.1) is 0 Å². The van der Waals surface area contributed by atoms with E-state index in [9.17, 15) is 13.2 Å². The van der Waals surface area contributed by atoms with Crippen LogP contribution >= 0.6 is 11.6 Å². The molecule has 10 heteroatoms. The van der Waals surface area contributed by atoms with Crippen molar-refractivity contribution in [3.63, 3.8) is 0 Å². The summed E-state index contributed by atoms with van der Waals surface area (Å²) in [4.78, 5) is 13.1. The smallest absolute Gasteiger partial charge is 0.264 e. The van der Waals surface area contributed by atoms with Crippen LogP contribution in [0, 0.1) is 6.92 Å². The molecule has 180 valence electrons. The molecular formula is C24H25ClN2O6S. The number of nitrogens with one attached hydrogen (secondary N) is 1. The third-order valence-electron chi connectivity index (χ3n) is 4.99. The van der Waals surface area contributed by atoms with E-state index in [1.54, 1.807) is 36.4 Å². The van der Waals surface area contributed by atoms with Crippen molar-refractivity contribution in [2.75, 3.05) is 37.5 Å². The maximum atomic E-state index is 13.5. The fourth-order valence-electron chi connectivity index (χ4n) is 3.20. The van der Waals surface area contributed by atoms with Crippen molar-refractivity contribution in [1.29, 1.82) is 0 Å². The maximum Gasteiger partial charge on any atom is 0.264 e. The number of carbonyl (C=O) groups is 1. The third-order valence-corrected chi connectivity index (χ3v) is 7.07. The largest absolute Gasteiger partial charge is 0.497 e. The Hall–Kier alpha value is -3.43. The summed E-state index contributed by atoms with van der Waals surface area (Å²) in [6.07, 6.45) is 0. The number of methoxy groups -OCH3 is 3. The summed E-state index contributed by atoms with van der Waals surface area (Å²) in [5, 5.41) is 2.99. The molecule has 0 bridgehead atoms. The first kappa shape index (κ1) is 25.2. The van der Waals surface area contributed by atoms with Gasteiger partial charge in [0.05, 0.1) is 42.6 Å². The van der Waals surface area contributed by atoms with Crippen LogP contribution < -0.4 is 23.8 Å². The van der Waals surface area contributed by atoms with E-state index in [1.807, 2.05) is 6.92 Å². The van der Waals surface area contributed by atoms with Crippen LogP contribution in [0.15, 0.2) is 65.6 Å². The van der Waals surface area contributed by atoms with Crippen molar-refractivity contribution in [3.8, 4) is 17.2 Å². The van der Waals surface area contributed by atoms with Crippen molar-refractivity contribution < 1.29 is 27.4 Å². The first-order valence-corrected chi connectivity index (χ1v) is 12.0. The van der Waals surface area contributed by atoms with Gasteiger partial charge in [0, 0.05) is 18.2 Å². The normalized spacial score (nSPS) is 11.0. The van der Waals surface area contributed by atoms with Crippen LogP contribution in [-0.2, 0) is 14.8 Å². The van der Waals surface area contributed by atoms with Crippen LogP contribution in [-0.4, -0.2) is 42.2 Å². The maximum absolute atomic E-state index is 13.5. The number of amides is 1. The molecule has 3 rings (SSSR count). The van der Waals surface area contributed by atoms with Gasteiger partial charge in [0.15, 0.2) is 0 Å². The van der Waals surface area contributed by atoms with Crippen molar-refractivity contribution in [3.05, 3.63) is 71.2 Å². The van der Waals surface area contributed by atoms with E-state index in [1.165, 1.54) is 45.6 Å². The Morgan fingerprint density at radius 3 is 2.24 bits per heavy atom. The molecular weight excluding hydrogens is 480 g/mol. The van der Waals surface area contributed by atoms with Gasteiger partial charge in [-0.3, -0.25) is 9.10 Å². The predicted octanol–water partition coefficient (Wildman–Crippen LogP) is 4.51. The second-order valence-electron chi connectivity index (χ2n) is 7.26. The fourth-order valence-corrected chi connectivity index (χ4v) is 4.84. The third kappa shape index (κ3) is 5.55. The highest BCUT2D eigenvalue weighted by molar-refractivity contribution is 7.92. The number of anilines is 2. The molecule has 0 aliphatic heterocycles. The average Bonchev–Trinajstić information content (AvgIpc) is 2.83. The topological polar surface area (TPSA) is 94.2 Å². The molecule has 3 aromatic carbocycles. The Morgan fingerprint density at radius 2 is 1.62 bits per heavy atom. The summed E-state index contributed by atoms with van der Waals surface area (Å²) in [7, 11) is 0.270. The highest BCUT2D eigenvalue weighted by Crippen LogP contribution is 2.36. The molecule has 0 saturated carbocycles. The predicted molar refractivity (Wildman–Crippen MR) is 132 cm³/mol. The molecule has 1 amide bonds. The number of ether oxygens (including phenoxy) is 3. The summed E-state index contributed by atoms with van der Waals surface area (Å²) in [6.45, 7) is 1.36. The van der Waals surface area contributed by atoms with E-state index >= 15 is 0 Å². The van der Waals surface area contributed by atoms with Crippen molar-refractivity contribution in [2.24, 2.45) is 0 Å². The molecule has 3 aromatic rings. The molecule has 0 heterocycles. The molecule has 0 aliphatic rings. The van der Waals surface area contributed by atoms with Gasteiger partial charge in [0.1, 0.15) is 23.8 Å². The lowest BCUT2D eigenvalue weighted by Crippen LogP contribution is -2.38. The first-order valence-electron chi connectivity index (χ1n) is 10.1. The lowest BCUT2D eigenvalue weighted by molar-refractivity contribution is -0.114. The highest BCUT2D eigenvalue weighted by Gasteiger charge is 2.28. The van der Waals surface area contributed by atoms with Gasteiger partial charge in [-0.05, 0) is 31.2 Å². The summed E-state index contributed by atoms with van der Waals surface area (Å²) in [6, 6.07) is 15.9. The Labute approximate surface area is 204 Å². The Morgan fingerprint density at radius 1 is 0.941 bits per heavy atom. The number of aryl methyl sites for hydroxylation is 1. The molecule has 1 N–H and O–H groups in total. The van der Waals surface area contributed by atoms with E-state index in [0.717, 1.165) is 9.87 Å². The molecule has 0 spiro atoms. The summed E-state index contributed by atoms with van der Waals surface area (Å²) < 4.78 is 43.8. The lowest BCUT2D eigenvalue weighted by Gasteiger charge is -2.25. The number of benzene rings is 3. The van der Waals surface area contributed by atoms with Crippen LogP contribution in [0.4, 0.5) is 11.4 Å². The monoisotopic (exact) mass is 504 g/mol. The summed E-state index contributed by atoms with van der Waals surface area (Å²) in [5.41, 5.74) is 1.47. The van der Waals surface area contributed by atoms with Crippen LogP contribution in [0.3, 0.4) is 0 Å². The van der Waals surface area contributed by atoms with Gasteiger partial charge in [-0.2, -0.15) is 0 Å². The van der Waals surface area contributed by atoms with E-state index in [0.29, 0.717) is 22.3 Å². The summed E-state index contributed by atoms with van der Waals surface area (Å²) in [5.74, 6) is 0.482. The first-order chi connectivity index (χ1) is 16.2. The second-order valence-corrected chi connectivity index (χ2v) is 9.53. The minimum Gasteiger partial charge on any atom is -0.497 e. The van der Waals surface area contributed by atoms with E-state index in [2.05, 4.69) is 5.32 Å². The molecule has 0 aliphatic carbocycles. The van der Waals surface area contributed by atoms with Gasteiger partial charge in [0.2, 0.25) is 5.91 Å². The lowest BCUT2D eigenvalue weighted by atomic mass is 10.2. The number of carbonyl (C=O) groups excluding carboxylic acids is 1. The van der Waals surface area contributed by atoms with Gasteiger partial charge in [-0.25, -0.2) is 8.42 Å². The van der Waals surface area contributed by atoms with Gasteiger partial charge >= 0.3 is 0 Å². The minimum atomic E-state index is -4.08. The summed E-state index contributed by atoms with van der Waals surface area (Å²) >= 11 is 6.13. The number of nitrogens with zero attached hydrogens (tertiary/aromatic N) is 1. The van der Waals surface area contributed by atoms with Crippen LogP contribution in [0.1, 0.15) is 5.56 Å². The molecule has 0 unspecified atom stereocenters. The van der Waals surface area contributed by atoms with Gasteiger partial charge in [0.25, 0.3) is 10.0 Å². The van der Waals surface area contributed by atoms with Crippen LogP contribution in [0.25, 0.3) is 0 Å². The SMILES string of the molecule is COc1cccc(N(CC(=O)Nc2cc(OC)c(Cl)cc2OC)S(=O)(=O)c2ccc(C)cc2)c1. The molecule has 0 atom stereocenters. The van der Waals surface area contributed by atoms with Crippen molar-refractivity contribution >= 4 is 38.9 Å². The van der Waals surface area contributed by atoms with E-state index < -0.39 is 22.5 Å². The zero-order valence-corrected chi connectivity index (χ0v) is 20.7. The van der Waals surface area contributed by atoms with Gasteiger partial charge in [-0.1, -0.05) is 35.4 Å². The fraction of sp³-hybridized carbons (Fsp3) is 0.208. The molecule has 0 saturated heterocycles.